The first kappa shape index (κ1) is 39.5. The molecule has 0 aliphatic carbocycles. The van der Waals surface area contributed by atoms with Gasteiger partial charge in [-0.2, -0.15) is 0 Å². The van der Waals surface area contributed by atoms with Gasteiger partial charge in [0.05, 0.1) is 0 Å². The number of aliphatic hydroxyl groups excluding tert-OH is 3. The number of aromatic hydroxyl groups is 2. The smallest absolute Gasteiger partial charge is 0.347 e. The van der Waals surface area contributed by atoms with Gasteiger partial charge >= 0.3 is 17.9 Å². The molecule has 3 rings (SSSR count). The maximum absolute atomic E-state index is 13.9. The van der Waals surface area contributed by atoms with Crippen molar-refractivity contribution in [3.63, 3.8) is 0 Å². The molecule has 13 nitrogen and oxygen atoms in total. The van der Waals surface area contributed by atoms with Crippen LogP contribution in [0.25, 0.3) is 0 Å². The number of carboxylic acids is 1. The number of benzene rings is 2. The highest BCUT2D eigenvalue weighted by Gasteiger charge is 2.46. The van der Waals surface area contributed by atoms with Crippen LogP contribution in [0, 0.1) is 0 Å². The maximum Gasteiger partial charge on any atom is 0.347 e. The van der Waals surface area contributed by atoms with Crippen LogP contribution in [0.2, 0.25) is 0 Å². The molecule has 1 aliphatic rings. The summed E-state index contributed by atoms with van der Waals surface area (Å²) in [5.74, 6) is -4.16. The van der Waals surface area contributed by atoms with E-state index in [2.05, 4.69) is 13.8 Å². The third kappa shape index (κ3) is 11.3. The van der Waals surface area contributed by atoms with E-state index in [-0.39, 0.29) is 28.4 Å². The van der Waals surface area contributed by atoms with E-state index < -0.39 is 61.0 Å². The number of carbonyl (C=O) groups is 3. The SMILES string of the molecule is CCCCCCCc1cc(OC(=O)c2c(CCCCCCC)cc(O)cc2OC2OC(COC(C)=O)C(O)C(O)C2O)cc(O)c1C(=O)O. The first-order valence-electron chi connectivity index (χ1n) is 17.0. The number of aliphatic hydroxyl groups is 3. The van der Waals surface area contributed by atoms with E-state index in [1.54, 1.807) is 0 Å². The van der Waals surface area contributed by atoms with Gasteiger partial charge in [-0.3, -0.25) is 4.79 Å². The fourth-order valence-electron chi connectivity index (χ4n) is 5.81. The molecule has 0 spiro atoms. The summed E-state index contributed by atoms with van der Waals surface area (Å²) < 4.78 is 22.1. The number of ether oxygens (including phenoxy) is 4. The van der Waals surface area contributed by atoms with Crippen LogP contribution in [0.3, 0.4) is 0 Å². The third-order valence-corrected chi connectivity index (χ3v) is 8.43. The van der Waals surface area contributed by atoms with Crippen molar-refractivity contribution in [2.75, 3.05) is 6.61 Å². The molecule has 2 aromatic carbocycles. The van der Waals surface area contributed by atoms with Crippen molar-refractivity contribution in [1.82, 2.24) is 0 Å². The Kier molecular flexibility index (Phi) is 15.6. The summed E-state index contributed by atoms with van der Waals surface area (Å²) in [4.78, 5) is 37.3. The molecule has 272 valence electrons. The van der Waals surface area contributed by atoms with Crippen LogP contribution >= 0.6 is 0 Å². The molecule has 13 heteroatoms. The number of aromatic carboxylic acids is 1. The van der Waals surface area contributed by atoms with Crippen LogP contribution in [0.4, 0.5) is 0 Å². The fraction of sp³-hybridized carbons (Fsp3) is 0.583. The van der Waals surface area contributed by atoms with E-state index in [1.165, 1.54) is 12.1 Å². The molecule has 1 aliphatic heterocycles. The number of rotatable bonds is 19. The van der Waals surface area contributed by atoms with Crippen LogP contribution < -0.4 is 9.47 Å². The van der Waals surface area contributed by atoms with E-state index in [4.69, 9.17) is 18.9 Å². The average molecular weight is 691 g/mol. The Morgan fingerprint density at radius 1 is 0.755 bits per heavy atom. The molecule has 0 aromatic heterocycles. The van der Waals surface area contributed by atoms with Crippen LogP contribution in [-0.2, 0) is 27.1 Å². The highest BCUT2D eigenvalue weighted by molar-refractivity contribution is 5.97. The molecule has 0 radical (unpaired) electrons. The van der Waals surface area contributed by atoms with Gasteiger partial charge in [0.2, 0.25) is 6.29 Å². The van der Waals surface area contributed by atoms with E-state index in [1.807, 2.05) is 0 Å². The zero-order chi connectivity index (χ0) is 36.1. The van der Waals surface area contributed by atoms with Crippen molar-refractivity contribution in [1.29, 1.82) is 0 Å². The molecule has 0 amide bonds. The first-order chi connectivity index (χ1) is 23.4. The molecule has 1 heterocycles. The lowest BCUT2D eigenvalue weighted by molar-refractivity contribution is -0.278. The van der Waals surface area contributed by atoms with Gasteiger partial charge in [0.25, 0.3) is 0 Å². The Labute approximate surface area is 286 Å². The number of aryl methyl sites for hydroxylation is 2. The summed E-state index contributed by atoms with van der Waals surface area (Å²) in [6.07, 6.45) is 1.55. The van der Waals surface area contributed by atoms with Gasteiger partial charge in [-0.1, -0.05) is 65.2 Å². The van der Waals surface area contributed by atoms with Crippen molar-refractivity contribution in [3.05, 3.63) is 46.5 Å². The zero-order valence-corrected chi connectivity index (χ0v) is 28.4. The van der Waals surface area contributed by atoms with Gasteiger partial charge in [-0.15, -0.1) is 0 Å². The van der Waals surface area contributed by atoms with Crippen molar-refractivity contribution in [2.24, 2.45) is 0 Å². The molecule has 5 unspecified atom stereocenters. The number of hydrogen-bond donors (Lipinski definition) is 6. The summed E-state index contributed by atoms with van der Waals surface area (Å²) in [7, 11) is 0. The van der Waals surface area contributed by atoms with Gasteiger partial charge in [0.15, 0.2) is 0 Å². The second-order valence-electron chi connectivity index (χ2n) is 12.4. The monoisotopic (exact) mass is 690 g/mol. The fourth-order valence-corrected chi connectivity index (χ4v) is 5.81. The molecule has 6 N–H and O–H groups in total. The van der Waals surface area contributed by atoms with Crippen LogP contribution in [0.15, 0.2) is 24.3 Å². The van der Waals surface area contributed by atoms with Crippen molar-refractivity contribution in [2.45, 2.75) is 129 Å². The van der Waals surface area contributed by atoms with Gasteiger partial charge in [-0.25, -0.2) is 9.59 Å². The van der Waals surface area contributed by atoms with Gasteiger partial charge in [0.1, 0.15) is 65.1 Å². The molecule has 49 heavy (non-hydrogen) atoms. The Morgan fingerprint density at radius 3 is 1.92 bits per heavy atom. The highest BCUT2D eigenvalue weighted by Crippen LogP contribution is 2.35. The molecular formula is C36H50O13. The second-order valence-corrected chi connectivity index (χ2v) is 12.4. The lowest BCUT2D eigenvalue weighted by Crippen LogP contribution is -2.60. The quantitative estimate of drug-likeness (QED) is 0.0666. The normalized spacial score (nSPS) is 20.5. The Hall–Kier alpha value is -3.91. The summed E-state index contributed by atoms with van der Waals surface area (Å²) in [6, 6.07) is 4.94. The minimum absolute atomic E-state index is 0.113. The number of esters is 2. The van der Waals surface area contributed by atoms with Gasteiger partial charge in [0, 0.05) is 19.1 Å². The number of carboxylic acid groups (broad SMARTS) is 1. The Balaban J connectivity index is 1.98. The summed E-state index contributed by atoms with van der Waals surface area (Å²) in [5, 5.41) is 62.7. The van der Waals surface area contributed by atoms with E-state index in [9.17, 15) is 45.0 Å². The lowest BCUT2D eigenvalue weighted by atomic mass is 9.98. The van der Waals surface area contributed by atoms with E-state index in [0.717, 1.165) is 70.4 Å². The van der Waals surface area contributed by atoms with Crippen molar-refractivity contribution < 1.29 is 64.0 Å². The highest BCUT2D eigenvalue weighted by atomic mass is 16.7. The second kappa shape index (κ2) is 19.3. The van der Waals surface area contributed by atoms with Crippen molar-refractivity contribution in [3.8, 4) is 23.0 Å². The maximum atomic E-state index is 13.9. The van der Waals surface area contributed by atoms with E-state index >= 15 is 0 Å². The predicted octanol–water partition coefficient (Wildman–Crippen LogP) is 4.79. The zero-order valence-electron chi connectivity index (χ0n) is 28.4. The van der Waals surface area contributed by atoms with Crippen molar-refractivity contribution >= 4 is 17.9 Å². The molecule has 0 bridgehead atoms. The third-order valence-electron chi connectivity index (χ3n) is 8.43. The Bertz CT molecular complexity index is 1410. The van der Waals surface area contributed by atoms with Gasteiger partial charge in [-0.05, 0) is 48.9 Å². The number of phenols is 2. The predicted molar refractivity (Wildman–Crippen MR) is 177 cm³/mol. The summed E-state index contributed by atoms with van der Waals surface area (Å²) in [5.41, 5.74) is 0.241. The average Bonchev–Trinajstić information content (AvgIpc) is 3.03. The van der Waals surface area contributed by atoms with Crippen LogP contribution in [0.5, 0.6) is 23.0 Å². The minimum atomic E-state index is -1.81. The number of unbranched alkanes of at least 4 members (excludes halogenated alkanes) is 8. The molecule has 0 saturated carbocycles. The number of carbonyl (C=O) groups excluding carboxylic acids is 2. The topological polar surface area (TPSA) is 210 Å². The molecule has 2 aromatic rings. The lowest BCUT2D eigenvalue weighted by Gasteiger charge is -2.40. The molecule has 1 saturated heterocycles. The Morgan fingerprint density at radius 2 is 1.35 bits per heavy atom. The summed E-state index contributed by atoms with van der Waals surface area (Å²) in [6.45, 7) is 4.85. The first-order valence-corrected chi connectivity index (χ1v) is 17.0. The standard InChI is InChI=1S/C36H50O13/c1-4-6-8-10-12-14-22-16-24(38)18-27(48-36-33(42)32(41)31(40)28(49-36)20-46-21(3)37)30(22)35(45)47-25-17-23(15-13-11-9-7-5-2)29(34(43)44)26(39)19-25/h16-19,28,31-33,36,38-42H,4-15,20H2,1-3H3,(H,43,44). The summed E-state index contributed by atoms with van der Waals surface area (Å²) >= 11 is 0. The molecule has 5 atom stereocenters. The largest absolute Gasteiger partial charge is 0.508 e. The van der Waals surface area contributed by atoms with Gasteiger partial charge < -0.3 is 49.6 Å². The number of phenolic OH excluding ortho intramolecular Hbond substituents is 1. The molecular weight excluding hydrogens is 640 g/mol. The van der Waals surface area contributed by atoms with Crippen LogP contribution in [-0.4, -0.2) is 85.9 Å². The van der Waals surface area contributed by atoms with Crippen LogP contribution in [0.1, 0.15) is 117 Å². The number of hydrogen-bond acceptors (Lipinski definition) is 12. The van der Waals surface area contributed by atoms with E-state index in [0.29, 0.717) is 36.8 Å². The minimum Gasteiger partial charge on any atom is -0.508 e. The molecule has 1 fully saturated rings.